The highest BCUT2D eigenvalue weighted by Crippen LogP contribution is 2.26. The Morgan fingerprint density at radius 2 is 1.87 bits per heavy atom. The number of pyridine rings is 1. The van der Waals surface area contributed by atoms with Crippen LogP contribution >= 0.6 is 0 Å². The van der Waals surface area contributed by atoms with Gasteiger partial charge in [0.1, 0.15) is 5.75 Å². The molecule has 0 amide bonds. The highest BCUT2D eigenvalue weighted by atomic mass is 16.5. The van der Waals surface area contributed by atoms with Crippen LogP contribution in [0.25, 0.3) is 10.9 Å². The molecule has 2 aromatic carbocycles. The number of aromatic nitrogens is 1. The number of fused-ring (bicyclic) bond motifs is 1. The van der Waals surface area contributed by atoms with Crippen LogP contribution in [0, 0.1) is 0 Å². The quantitative estimate of drug-likeness (QED) is 0.610. The summed E-state index contributed by atoms with van der Waals surface area (Å²) in [6.07, 6.45) is 0.797. The predicted octanol–water partition coefficient (Wildman–Crippen LogP) is 4.33. The Balaban J connectivity index is 1.56. The van der Waals surface area contributed by atoms with E-state index in [1.165, 1.54) is 5.69 Å². The lowest BCUT2D eigenvalue weighted by Crippen LogP contribution is -2.36. The number of benzene rings is 2. The van der Waals surface area contributed by atoms with Gasteiger partial charge in [-0.2, -0.15) is 0 Å². The molecule has 30 heavy (non-hydrogen) atoms. The number of nitrogens with one attached hydrogen (secondary N) is 2. The second-order valence-electron chi connectivity index (χ2n) is 7.49. The van der Waals surface area contributed by atoms with Gasteiger partial charge < -0.3 is 24.7 Å². The van der Waals surface area contributed by atoms with Crippen molar-refractivity contribution in [3.63, 3.8) is 0 Å². The number of H-pyrrole nitrogens is 1. The average molecular weight is 408 g/mol. The third kappa shape index (κ3) is 4.44. The van der Waals surface area contributed by atoms with E-state index in [4.69, 9.17) is 9.47 Å². The molecule has 0 spiro atoms. The molecular weight excluding hydrogens is 378 g/mol. The number of nitrogens with zero attached hydrogens (tertiary/aromatic N) is 1. The molecule has 3 aromatic rings. The van der Waals surface area contributed by atoms with E-state index in [9.17, 15) is 4.79 Å². The van der Waals surface area contributed by atoms with E-state index < -0.39 is 0 Å². The van der Waals surface area contributed by atoms with Crippen LogP contribution in [0.1, 0.15) is 31.9 Å². The molecule has 0 saturated carbocycles. The van der Waals surface area contributed by atoms with Crippen LogP contribution in [-0.2, 0) is 4.74 Å². The first-order valence-corrected chi connectivity index (χ1v) is 10.7. The molecule has 1 aliphatic heterocycles. The van der Waals surface area contributed by atoms with Gasteiger partial charge in [-0.15, -0.1) is 0 Å². The van der Waals surface area contributed by atoms with Crippen molar-refractivity contribution in [3.05, 3.63) is 64.4 Å². The van der Waals surface area contributed by atoms with Gasteiger partial charge in [-0.3, -0.25) is 4.79 Å². The standard InChI is InChI=1S/C24H29N3O3/c1-3-22(25-18-5-7-19(8-6-18)27-11-13-29-14-12-27)21-16-17-15-20(30-4-2)9-10-23(17)26-24(21)28/h5-10,15-16,22,25H,3-4,11-14H2,1-2H3,(H,26,28). The molecule has 6 heteroatoms. The minimum Gasteiger partial charge on any atom is -0.494 e. The zero-order valence-electron chi connectivity index (χ0n) is 17.6. The number of ether oxygens (including phenoxy) is 2. The van der Waals surface area contributed by atoms with Crippen LogP contribution < -0.4 is 20.5 Å². The van der Waals surface area contributed by atoms with Crippen LogP contribution in [0.2, 0.25) is 0 Å². The Morgan fingerprint density at radius 3 is 2.57 bits per heavy atom. The molecule has 2 N–H and O–H groups in total. The molecule has 1 fully saturated rings. The fraction of sp³-hybridized carbons (Fsp3) is 0.375. The molecule has 0 bridgehead atoms. The van der Waals surface area contributed by atoms with Crippen molar-refractivity contribution in [2.75, 3.05) is 43.1 Å². The third-order valence-electron chi connectivity index (χ3n) is 5.52. The van der Waals surface area contributed by atoms with Crippen molar-refractivity contribution >= 4 is 22.3 Å². The first-order valence-electron chi connectivity index (χ1n) is 10.7. The van der Waals surface area contributed by atoms with Crippen molar-refractivity contribution < 1.29 is 9.47 Å². The molecule has 1 atom stereocenters. The monoisotopic (exact) mass is 407 g/mol. The maximum absolute atomic E-state index is 12.7. The predicted molar refractivity (Wildman–Crippen MR) is 122 cm³/mol. The number of rotatable bonds is 7. The van der Waals surface area contributed by atoms with Crippen molar-refractivity contribution in [2.45, 2.75) is 26.3 Å². The molecule has 158 valence electrons. The van der Waals surface area contributed by atoms with Gasteiger partial charge in [0.25, 0.3) is 5.56 Å². The van der Waals surface area contributed by atoms with Gasteiger partial charge in [-0.25, -0.2) is 0 Å². The zero-order valence-corrected chi connectivity index (χ0v) is 17.6. The van der Waals surface area contributed by atoms with Crippen molar-refractivity contribution in [1.29, 1.82) is 0 Å². The molecule has 1 aliphatic rings. The van der Waals surface area contributed by atoms with E-state index in [0.717, 1.165) is 60.6 Å². The number of morpholine rings is 1. The highest BCUT2D eigenvalue weighted by molar-refractivity contribution is 5.80. The lowest BCUT2D eigenvalue weighted by molar-refractivity contribution is 0.122. The summed E-state index contributed by atoms with van der Waals surface area (Å²) >= 11 is 0. The van der Waals surface area contributed by atoms with E-state index >= 15 is 0 Å². The summed E-state index contributed by atoms with van der Waals surface area (Å²) in [6, 6.07) is 16.0. The SMILES string of the molecule is CCOc1ccc2[nH]c(=O)c(C(CC)Nc3ccc(N4CCOCC4)cc3)cc2c1. The van der Waals surface area contributed by atoms with Crippen molar-refractivity contribution in [1.82, 2.24) is 4.98 Å². The summed E-state index contributed by atoms with van der Waals surface area (Å²) in [6.45, 7) is 8.04. The van der Waals surface area contributed by atoms with Gasteiger partial charge in [0.15, 0.2) is 0 Å². The van der Waals surface area contributed by atoms with Gasteiger partial charge in [0.2, 0.25) is 0 Å². The summed E-state index contributed by atoms with van der Waals surface area (Å²) < 4.78 is 11.0. The molecular formula is C24H29N3O3. The van der Waals surface area contributed by atoms with E-state index in [1.807, 2.05) is 31.2 Å². The molecule has 1 saturated heterocycles. The van der Waals surface area contributed by atoms with Crippen LogP contribution in [0.4, 0.5) is 11.4 Å². The van der Waals surface area contributed by atoms with Gasteiger partial charge >= 0.3 is 0 Å². The number of anilines is 2. The van der Waals surface area contributed by atoms with E-state index in [0.29, 0.717) is 6.61 Å². The molecule has 2 heterocycles. The molecule has 1 aromatic heterocycles. The molecule has 4 rings (SSSR count). The smallest absolute Gasteiger partial charge is 0.253 e. The number of hydrogen-bond donors (Lipinski definition) is 2. The number of hydrogen-bond acceptors (Lipinski definition) is 5. The Bertz CT molecular complexity index is 1040. The molecule has 1 unspecified atom stereocenters. The Hall–Kier alpha value is -2.99. The first kappa shape index (κ1) is 20.3. The Kier molecular flexibility index (Phi) is 6.23. The van der Waals surface area contributed by atoms with E-state index in [-0.39, 0.29) is 11.6 Å². The largest absolute Gasteiger partial charge is 0.494 e. The fourth-order valence-corrected chi connectivity index (χ4v) is 3.91. The Labute approximate surface area is 176 Å². The number of aromatic amines is 1. The van der Waals surface area contributed by atoms with Crippen LogP contribution in [-0.4, -0.2) is 37.9 Å². The molecule has 6 nitrogen and oxygen atoms in total. The minimum atomic E-state index is -0.0804. The summed E-state index contributed by atoms with van der Waals surface area (Å²) in [5.41, 5.74) is 3.69. The second-order valence-corrected chi connectivity index (χ2v) is 7.49. The minimum absolute atomic E-state index is 0.0593. The molecule has 0 aliphatic carbocycles. The lowest BCUT2D eigenvalue weighted by atomic mass is 10.0. The normalized spacial score (nSPS) is 15.2. The van der Waals surface area contributed by atoms with E-state index in [2.05, 4.69) is 46.4 Å². The maximum Gasteiger partial charge on any atom is 0.253 e. The Morgan fingerprint density at radius 1 is 1.10 bits per heavy atom. The second kappa shape index (κ2) is 9.22. The average Bonchev–Trinajstić information content (AvgIpc) is 2.78. The fourth-order valence-electron chi connectivity index (χ4n) is 3.91. The van der Waals surface area contributed by atoms with Crippen LogP contribution in [0.15, 0.2) is 53.3 Å². The third-order valence-corrected chi connectivity index (χ3v) is 5.52. The van der Waals surface area contributed by atoms with Crippen LogP contribution in [0.5, 0.6) is 5.75 Å². The van der Waals surface area contributed by atoms with Gasteiger partial charge in [-0.05, 0) is 61.9 Å². The molecule has 0 radical (unpaired) electrons. The van der Waals surface area contributed by atoms with Gasteiger partial charge in [0, 0.05) is 40.9 Å². The lowest BCUT2D eigenvalue weighted by Gasteiger charge is -2.29. The maximum atomic E-state index is 12.7. The summed E-state index contributed by atoms with van der Waals surface area (Å²) in [5.74, 6) is 0.808. The van der Waals surface area contributed by atoms with Gasteiger partial charge in [0.05, 0.1) is 25.9 Å². The van der Waals surface area contributed by atoms with Crippen molar-refractivity contribution in [2.24, 2.45) is 0 Å². The summed E-state index contributed by atoms with van der Waals surface area (Å²) in [5, 5.41) is 4.50. The highest BCUT2D eigenvalue weighted by Gasteiger charge is 2.16. The first-order chi connectivity index (χ1) is 14.7. The van der Waals surface area contributed by atoms with Gasteiger partial charge in [-0.1, -0.05) is 6.92 Å². The van der Waals surface area contributed by atoms with Crippen LogP contribution in [0.3, 0.4) is 0 Å². The van der Waals surface area contributed by atoms with Crippen molar-refractivity contribution in [3.8, 4) is 5.75 Å². The zero-order chi connectivity index (χ0) is 20.9. The van der Waals surface area contributed by atoms with E-state index in [1.54, 1.807) is 0 Å². The summed E-state index contributed by atoms with van der Waals surface area (Å²) in [4.78, 5) is 18.1. The topological polar surface area (TPSA) is 66.6 Å². The summed E-state index contributed by atoms with van der Waals surface area (Å²) in [7, 11) is 0.